The molecule has 2 aromatic rings. The minimum absolute atomic E-state index is 0.143. The Bertz CT molecular complexity index is 669. The molecule has 0 aliphatic rings. The van der Waals surface area contributed by atoms with Crippen LogP contribution in [0.2, 0.25) is 5.02 Å². The zero-order valence-electron chi connectivity index (χ0n) is 10.2. The van der Waals surface area contributed by atoms with Gasteiger partial charge in [0.1, 0.15) is 0 Å². The number of thiophene rings is 1. The second-order valence-corrected chi connectivity index (χ2v) is 7.31. The molecule has 0 radical (unpaired) electrons. The van der Waals surface area contributed by atoms with Crippen molar-refractivity contribution in [2.75, 3.05) is 12.8 Å². The summed E-state index contributed by atoms with van der Waals surface area (Å²) in [4.78, 5) is 0.143. The normalized spacial score (nSPS) is 11.9. The summed E-state index contributed by atoms with van der Waals surface area (Å²) in [6.45, 7) is 0.327. The molecule has 0 spiro atoms. The molecule has 7 heteroatoms. The first-order valence-corrected chi connectivity index (χ1v) is 8.20. The first kappa shape index (κ1) is 14.3. The number of benzene rings is 1. The topological polar surface area (TPSA) is 63.4 Å². The van der Waals surface area contributed by atoms with Crippen molar-refractivity contribution in [2.24, 2.45) is 0 Å². The molecule has 0 atom stereocenters. The van der Waals surface area contributed by atoms with Crippen LogP contribution >= 0.6 is 22.9 Å². The zero-order valence-corrected chi connectivity index (χ0v) is 12.6. The van der Waals surface area contributed by atoms with Gasteiger partial charge in [-0.2, -0.15) is 15.6 Å². The van der Waals surface area contributed by atoms with Crippen molar-refractivity contribution < 1.29 is 8.42 Å². The highest BCUT2D eigenvalue weighted by Gasteiger charge is 2.21. The molecule has 0 saturated carbocycles. The van der Waals surface area contributed by atoms with E-state index in [1.807, 2.05) is 16.8 Å². The maximum atomic E-state index is 12.4. The lowest BCUT2D eigenvalue weighted by Gasteiger charge is -2.17. The van der Waals surface area contributed by atoms with Crippen LogP contribution in [0.4, 0.5) is 5.69 Å². The summed E-state index contributed by atoms with van der Waals surface area (Å²) in [7, 11) is -2.02. The van der Waals surface area contributed by atoms with Crippen molar-refractivity contribution in [1.29, 1.82) is 0 Å². The van der Waals surface area contributed by atoms with Gasteiger partial charge in [0.05, 0.1) is 15.6 Å². The predicted molar refractivity (Wildman–Crippen MR) is 78.8 cm³/mol. The van der Waals surface area contributed by atoms with Gasteiger partial charge in [-0.15, -0.1) is 0 Å². The Balaban J connectivity index is 2.28. The third kappa shape index (κ3) is 3.09. The van der Waals surface area contributed by atoms with Crippen molar-refractivity contribution >= 4 is 38.6 Å². The van der Waals surface area contributed by atoms with Gasteiger partial charge in [0.2, 0.25) is 10.0 Å². The second kappa shape index (κ2) is 5.50. The summed E-state index contributed by atoms with van der Waals surface area (Å²) in [6, 6.07) is 6.22. The Kier molecular flexibility index (Phi) is 4.15. The molecule has 0 bridgehead atoms. The molecule has 1 heterocycles. The van der Waals surface area contributed by atoms with Crippen LogP contribution in [0.25, 0.3) is 0 Å². The number of nitrogens with two attached hydrogens (primary N) is 1. The van der Waals surface area contributed by atoms with Crippen LogP contribution in [0.3, 0.4) is 0 Å². The molecule has 102 valence electrons. The van der Waals surface area contributed by atoms with Gasteiger partial charge >= 0.3 is 0 Å². The average Bonchev–Trinajstić information content (AvgIpc) is 2.85. The lowest BCUT2D eigenvalue weighted by atomic mass is 10.3. The van der Waals surface area contributed by atoms with E-state index in [-0.39, 0.29) is 9.92 Å². The first-order valence-electron chi connectivity index (χ1n) is 5.43. The largest absolute Gasteiger partial charge is 0.398 e. The summed E-state index contributed by atoms with van der Waals surface area (Å²) in [6.07, 6.45) is 0. The lowest BCUT2D eigenvalue weighted by molar-refractivity contribution is 0.467. The fourth-order valence-electron chi connectivity index (χ4n) is 1.57. The maximum absolute atomic E-state index is 12.4. The van der Waals surface area contributed by atoms with Crippen molar-refractivity contribution in [3.05, 3.63) is 45.6 Å². The molecule has 0 aliphatic heterocycles. The van der Waals surface area contributed by atoms with Gasteiger partial charge < -0.3 is 5.73 Å². The smallest absolute Gasteiger partial charge is 0.243 e. The van der Waals surface area contributed by atoms with E-state index in [0.29, 0.717) is 12.2 Å². The molecular formula is C12H13ClN2O2S2. The highest BCUT2D eigenvalue weighted by Crippen LogP contribution is 2.25. The van der Waals surface area contributed by atoms with Crippen LogP contribution in [0.15, 0.2) is 39.9 Å². The predicted octanol–water partition coefficient (Wildman–Crippen LogP) is 2.80. The molecule has 1 aromatic carbocycles. The van der Waals surface area contributed by atoms with Crippen LogP contribution < -0.4 is 5.73 Å². The SMILES string of the molecule is CN(Cc1ccsc1)S(=O)(=O)c1ccc(N)c(Cl)c1. The van der Waals surface area contributed by atoms with E-state index in [4.69, 9.17) is 17.3 Å². The van der Waals surface area contributed by atoms with Crippen LogP contribution in [-0.2, 0) is 16.6 Å². The third-order valence-corrected chi connectivity index (χ3v) is 5.52. The van der Waals surface area contributed by atoms with Gasteiger partial charge in [0, 0.05) is 13.6 Å². The number of rotatable bonds is 4. The molecule has 2 N–H and O–H groups in total. The Morgan fingerprint density at radius 2 is 2.11 bits per heavy atom. The first-order chi connectivity index (χ1) is 8.91. The third-order valence-electron chi connectivity index (χ3n) is 2.67. The van der Waals surface area contributed by atoms with Crippen molar-refractivity contribution in [1.82, 2.24) is 4.31 Å². The van der Waals surface area contributed by atoms with Gasteiger partial charge in [-0.1, -0.05) is 11.6 Å². The molecule has 19 heavy (non-hydrogen) atoms. The van der Waals surface area contributed by atoms with Crippen molar-refractivity contribution in [2.45, 2.75) is 11.4 Å². The Labute approximate surface area is 121 Å². The van der Waals surface area contributed by atoms with E-state index in [1.165, 1.54) is 40.9 Å². The van der Waals surface area contributed by atoms with Gasteiger partial charge in [-0.3, -0.25) is 0 Å². The number of nitrogens with zero attached hydrogens (tertiary/aromatic N) is 1. The van der Waals surface area contributed by atoms with Crippen LogP contribution in [0, 0.1) is 0 Å². The molecule has 0 aliphatic carbocycles. The van der Waals surface area contributed by atoms with Crippen LogP contribution in [0.1, 0.15) is 5.56 Å². The van der Waals surface area contributed by atoms with E-state index < -0.39 is 10.0 Å². The van der Waals surface area contributed by atoms with E-state index in [9.17, 15) is 8.42 Å². The summed E-state index contributed by atoms with van der Waals surface area (Å²) >= 11 is 7.39. The van der Waals surface area contributed by atoms with E-state index in [0.717, 1.165) is 5.56 Å². The Hall–Kier alpha value is -1.08. The minimum atomic E-state index is -3.56. The number of hydrogen-bond acceptors (Lipinski definition) is 4. The monoisotopic (exact) mass is 316 g/mol. The number of anilines is 1. The summed E-state index contributed by atoms with van der Waals surface area (Å²) in [5.74, 6) is 0. The molecule has 2 rings (SSSR count). The number of hydrogen-bond donors (Lipinski definition) is 1. The highest BCUT2D eigenvalue weighted by molar-refractivity contribution is 7.89. The van der Waals surface area contributed by atoms with Crippen molar-refractivity contribution in [3.8, 4) is 0 Å². The fourth-order valence-corrected chi connectivity index (χ4v) is 3.66. The molecule has 0 fully saturated rings. The fraction of sp³-hybridized carbons (Fsp3) is 0.167. The summed E-state index contributed by atoms with van der Waals surface area (Å²) in [5, 5.41) is 4.07. The molecule has 4 nitrogen and oxygen atoms in total. The molecular weight excluding hydrogens is 304 g/mol. The number of halogens is 1. The van der Waals surface area contributed by atoms with Crippen molar-refractivity contribution in [3.63, 3.8) is 0 Å². The van der Waals surface area contributed by atoms with Crippen LogP contribution in [-0.4, -0.2) is 19.8 Å². The standard InChI is InChI=1S/C12H13ClN2O2S2/c1-15(7-9-4-5-18-8-9)19(16,17)10-2-3-12(14)11(13)6-10/h2-6,8H,7,14H2,1H3. The zero-order chi connectivity index (χ0) is 14.0. The van der Waals surface area contributed by atoms with E-state index >= 15 is 0 Å². The van der Waals surface area contributed by atoms with Crippen LogP contribution in [0.5, 0.6) is 0 Å². The summed E-state index contributed by atoms with van der Waals surface area (Å²) in [5.41, 5.74) is 6.90. The molecule has 0 amide bonds. The quantitative estimate of drug-likeness (QED) is 0.882. The number of nitrogen functional groups attached to an aromatic ring is 1. The average molecular weight is 317 g/mol. The summed E-state index contributed by atoms with van der Waals surface area (Å²) < 4.78 is 26.0. The van der Waals surface area contributed by atoms with E-state index in [1.54, 1.807) is 0 Å². The maximum Gasteiger partial charge on any atom is 0.243 e. The molecule has 0 unspecified atom stereocenters. The van der Waals surface area contributed by atoms with Gasteiger partial charge in [-0.05, 0) is 40.6 Å². The Morgan fingerprint density at radius 1 is 1.37 bits per heavy atom. The highest BCUT2D eigenvalue weighted by atomic mass is 35.5. The second-order valence-electron chi connectivity index (χ2n) is 4.08. The number of sulfonamides is 1. The Morgan fingerprint density at radius 3 is 2.68 bits per heavy atom. The van der Waals surface area contributed by atoms with E-state index in [2.05, 4.69) is 0 Å². The molecule has 1 aromatic heterocycles. The molecule has 0 saturated heterocycles. The van der Waals surface area contributed by atoms with Gasteiger partial charge in [0.15, 0.2) is 0 Å². The lowest BCUT2D eigenvalue weighted by Crippen LogP contribution is -2.26. The van der Waals surface area contributed by atoms with Gasteiger partial charge in [0.25, 0.3) is 0 Å². The van der Waals surface area contributed by atoms with Gasteiger partial charge in [-0.25, -0.2) is 8.42 Å². The minimum Gasteiger partial charge on any atom is -0.398 e.